The van der Waals surface area contributed by atoms with Crippen molar-refractivity contribution in [2.45, 2.75) is 69.3 Å². The van der Waals surface area contributed by atoms with Gasteiger partial charge in [0.2, 0.25) is 0 Å². The third-order valence-corrected chi connectivity index (χ3v) is 17.4. The Balaban J connectivity index is 0. The average molecular weight is 397 g/mol. The molecule has 0 aliphatic rings. The zero-order valence-electron chi connectivity index (χ0n) is 11.1. The molecular formula is C12H28Cd2. The van der Waals surface area contributed by atoms with Gasteiger partial charge in [0.15, 0.2) is 0 Å². The SMILES string of the molecule is CCCC[CH2][Cd]([CH3])([CH3])[CH2]CCCC.[Cd]. The first-order chi connectivity index (χ1) is 6.12. The van der Waals surface area contributed by atoms with Crippen LogP contribution in [0.1, 0.15) is 52.4 Å². The van der Waals surface area contributed by atoms with Crippen molar-refractivity contribution >= 4 is 0 Å². The predicted octanol–water partition coefficient (Wildman–Crippen LogP) is 5.45. The fourth-order valence-electron chi connectivity index (χ4n) is 2.38. The third-order valence-electron chi connectivity index (χ3n) is 3.62. The maximum atomic E-state index is 2.66. The molecule has 0 fully saturated rings. The summed E-state index contributed by atoms with van der Waals surface area (Å²) in [5.41, 5.74) is 0. The van der Waals surface area contributed by atoms with Crippen LogP contribution in [0.5, 0.6) is 0 Å². The summed E-state index contributed by atoms with van der Waals surface area (Å²) in [6, 6.07) is 0. The van der Waals surface area contributed by atoms with E-state index in [4.69, 9.17) is 0 Å². The molecule has 80 valence electrons. The van der Waals surface area contributed by atoms with Crippen LogP contribution in [0.2, 0.25) is 16.9 Å². The molecule has 0 aliphatic carbocycles. The van der Waals surface area contributed by atoms with Gasteiger partial charge in [-0.15, -0.1) is 0 Å². The van der Waals surface area contributed by atoms with Crippen molar-refractivity contribution in [1.29, 1.82) is 0 Å². The van der Waals surface area contributed by atoms with Crippen molar-refractivity contribution in [2.75, 3.05) is 0 Å². The van der Waals surface area contributed by atoms with Crippen molar-refractivity contribution in [1.82, 2.24) is 0 Å². The zero-order valence-corrected chi connectivity index (χ0v) is 19.1. The average Bonchev–Trinajstić information content (AvgIpc) is 2.05. The van der Waals surface area contributed by atoms with E-state index in [2.05, 4.69) is 22.8 Å². The Morgan fingerprint density at radius 2 is 1.07 bits per heavy atom. The van der Waals surface area contributed by atoms with E-state index in [1.54, 1.807) is 7.96 Å². The van der Waals surface area contributed by atoms with E-state index in [1.807, 2.05) is 0 Å². The van der Waals surface area contributed by atoms with Gasteiger partial charge in [0.05, 0.1) is 0 Å². The summed E-state index contributed by atoms with van der Waals surface area (Å²) >= 11 is -1.68. The number of rotatable bonds is 8. The molecule has 0 unspecified atom stereocenters. The summed E-state index contributed by atoms with van der Waals surface area (Å²) in [5.74, 6) is 0. The van der Waals surface area contributed by atoms with Crippen LogP contribution in [0.15, 0.2) is 0 Å². The predicted molar refractivity (Wildman–Crippen MR) is 60.4 cm³/mol. The first kappa shape index (κ1) is 18.2. The van der Waals surface area contributed by atoms with E-state index in [0.717, 1.165) is 0 Å². The maximum absolute atomic E-state index is 2.66. The Morgan fingerprint density at radius 1 is 0.714 bits per heavy atom. The Hall–Kier alpha value is 1.84. The molecule has 0 aromatic heterocycles. The van der Waals surface area contributed by atoms with Gasteiger partial charge in [0, 0.05) is 27.3 Å². The summed E-state index contributed by atoms with van der Waals surface area (Å²) in [6.07, 6.45) is 8.78. The maximum Gasteiger partial charge on any atom is 0 e. The Kier molecular flexibility index (Phi) is 14.7. The molecule has 0 amide bonds. The standard InChI is InChI=1S/2C5H11.2CH3.2Cd/c2*1-3-5-4-2;;;;/h2*1,3-5H2,2H3;2*1H3;;. The topological polar surface area (TPSA) is 0 Å². The fourth-order valence-corrected chi connectivity index (χ4v) is 13.1. The monoisotopic (exact) mass is 400 g/mol. The quantitative estimate of drug-likeness (QED) is 0.378. The van der Waals surface area contributed by atoms with Crippen LogP contribution in [-0.2, 0) is 48.5 Å². The molecule has 0 spiro atoms. The molecule has 0 aliphatic heterocycles. The zero-order chi connectivity index (χ0) is 10.2. The third kappa shape index (κ3) is 11.9. The summed E-state index contributed by atoms with van der Waals surface area (Å²) in [6.45, 7) is 4.61. The molecule has 0 aromatic carbocycles. The normalized spacial score (nSPS) is 10.0. The van der Waals surface area contributed by atoms with Crippen molar-refractivity contribution < 1.29 is 48.5 Å². The molecule has 0 aromatic rings. The van der Waals surface area contributed by atoms with Gasteiger partial charge < -0.3 is 0 Å². The van der Waals surface area contributed by atoms with Gasteiger partial charge in [-0.3, -0.25) is 0 Å². The molecule has 0 nitrogen and oxygen atoms in total. The van der Waals surface area contributed by atoms with E-state index in [1.165, 1.54) is 38.5 Å². The minimum Gasteiger partial charge on any atom is 0 e. The summed E-state index contributed by atoms with van der Waals surface area (Å²) in [7, 11) is 0. The molecule has 0 saturated heterocycles. The molecule has 0 bridgehead atoms. The number of unbranched alkanes of at least 4 members (excludes halogenated alkanes) is 4. The van der Waals surface area contributed by atoms with E-state index in [-0.39, 0.29) is 27.3 Å². The molecule has 0 atom stereocenters. The van der Waals surface area contributed by atoms with Crippen molar-refractivity contribution in [3.05, 3.63) is 0 Å². The smallest absolute Gasteiger partial charge is 0 e. The van der Waals surface area contributed by atoms with Crippen LogP contribution in [0.4, 0.5) is 0 Å². The van der Waals surface area contributed by atoms with Crippen LogP contribution in [0.25, 0.3) is 0 Å². The van der Waals surface area contributed by atoms with Crippen LogP contribution in [0, 0.1) is 0 Å². The minimum absolute atomic E-state index is 0. The Bertz CT molecular complexity index is 98.9. The number of hydrogen-bond donors (Lipinski definition) is 0. The number of hydrogen-bond acceptors (Lipinski definition) is 0. The molecule has 0 rings (SSSR count). The first-order valence-electron chi connectivity index (χ1n) is 6.83. The summed E-state index contributed by atoms with van der Waals surface area (Å²) in [4.78, 5) is 0. The van der Waals surface area contributed by atoms with E-state index >= 15 is 0 Å². The molecule has 0 heterocycles. The van der Waals surface area contributed by atoms with Gasteiger partial charge in [0.1, 0.15) is 0 Å². The van der Waals surface area contributed by atoms with Gasteiger partial charge >= 0.3 is 90.5 Å². The van der Waals surface area contributed by atoms with Crippen molar-refractivity contribution in [3.8, 4) is 0 Å². The van der Waals surface area contributed by atoms with Gasteiger partial charge in [-0.2, -0.15) is 0 Å². The van der Waals surface area contributed by atoms with Gasteiger partial charge in [-0.25, -0.2) is 0 Å². The first-order valence-corrected chi connectivity index (χ1v) is 20.6. The fraction of sp³-hybridized carbons (Fsp3) is 1.00. The molecular weight excluding hydrogens is 369 g/mol. The van der Waals surface area contributed by atoms with Crippen LogP contribution < -0.4 is 0 Å². The van der Waals surface area contributed by atoms with Gasteiger partial charge in [0.25, 0.3) is 0 Å². The van der Waals surface area contributed by atoms with E-state index < -0.39 is 21.2 Å². The van der Waals surface area contributed by atoms with Gasteiger partial charge in [-0.05, 0) is 0 Å². The van der Waals surface area contributed by atoms with E-state index in [0.29, 0.717) is 0 Å². The van der Waals surface area contributed by atoms with Crippen molar-refractivity contribution in [2.24, 2.45) is 0 Å². The second kappa shape index (κ2) is 11.3. The Labute approximate surface area is 116 Å². The summed E-state index contributed by atoms with van der Waals surface area (Å²) in [5, 5.41) is 0. The van der Waals surface area contributed by atoms with E-state index in [9.17, 15) is 0 Å². The second-order valence-electron chi connectivity index (χ2n) is 6.18. The van der Waals surface area contributed by atoms with Crippen LogP contribution >= 0.6 is 0 Å². The van der Waals surface area contributed by atoms with Crippen LogP contribution in [-0.4, -0.2) is 0 Å². The molecule has 2 heteroatoms. The van der Waals surface area contributed by atoms with Gasteiger partial charge in [-0.1, -0.05) is 0 Å². The van der Waals surface area contributed by atoms with Crippen molar-refractivity contribution in [3.63, 3.8) is 0 Å². The molecule has 0 radical (unpaired) electrons. The largest absolute Gasteiger partial charge is 0 e. The molecule has 0 N–H and O–H groups in total. The Morgan fingerprint density at radius 3 is 1.36 bits per heavy atom. The molecule has 14 heavy (non-hydrogen) atoms. The van der Waals surface area contributed by atoms with Crippen LogP contribution in [0.3, 0.4) is 0 Å². The molecule has 0 saturated carbocycles. The second-order valence-corrected chi connectivity index (χ2v) is 27.7. The summed E-state index contributed by atoms with van der Waals surface area (Å²) < 4.78 is 8.62. The minimum atomic E-state index is -1.68.